The smallest absolute Gasteiger partial charge is 0.234 e. The second-order valence-electron chi connectivity index (χ2n) is 8.79. The Morgan fingerprint density at radius 1 is 1.15 bits per heavy atom. The quantitative estimate of drug-likeness (QED) is 0.838. The zero-order chi connectivity index (χ0) is 18.7. The summed E-state index contributed by atoms with van der Waals surface area (Å²) in [5.74, 6) is 1.18. The first-order valence-electron chi connectivity index (χ1n) is 10.4. The largest absolute Gasteiger partial charge is 0.351 e. The predicted octanol–water partition coefficient (Wildman–Crippen LogP) is 2.42. The van der Waals surface area contributed by atoms with E-state index in [1.165, 1.54) is 19.3 Å². The molecule has 1 atom stereocenters. The van der Waals surface area contributed by atoms with Crippen molar-refractivity contribution in [1.29, 1.82) is 0 Å². The first-order chi connectivity index (χ1) is 13.1. The van der Waals surface area contributed by atoms with E-state index < -0.39 is 0 Å². The highest BCUT2D eigenvalue weighted by Crippen LogP contribution is 2.40. The number of benzene rings is 1. The van der Waals surface area contributed by atoms with Gasteiger partial charge in [0.25, 0.3) is 0 Å². The molecule has 1 N–H and O–H groups in total. The maximum Gasteiger partial charge on any atom is 0.234 e. The lowest BCUT2D eigenvalue weighted by atomic mass is 9.73. The third-order valence-electron chi connectivity index (χ3n) is 6.36. The highest BCUT2D eigenvalue weighted by Gasteiger charge is 2.42. The molecule has 1 saturated carbocycles. The molecule has 2 aliphatic heterocycles. The normalized spacial score (nSPS) is 26.4. The standard InChI is InChI=1S/C22H31N3O2/c26-20(23-13-18-5-2-1-3-6-18)15-24-12-4-10-22(16-24)11-9-21(27)25(17-22)14-19-7-8-19/h1-3,5-6,19H,4,7-17H2,(H,23,26)/t22-/m1/s1. The number of amides is 2. The van der Waals surface area contributed by atoms with Gasteiger partial charge in [0.05, 0.1) is 6.54 Å². The van der Waals surface area contributed by atoms with Crippen molar-refractivity contribution >= 4 is 11.8 Å². The van der Waals surface area contributed by atoms with Crippen molar-refractivity contribution in [1.82, 2.24) is 15.1 Å². The van der Waals surface area contributed by atoms with Gasteiger partial charge >= 0.3 is 0 Å². The predicted molar refractivity (Wildman–Crippen MR) is 105 cm³/mol. The Hall–Kier alpha value is -1.88. The van der Waals surface area contributed by atoms with Crippen molar-refractivity contribution in [2.75, 3.05) is 32.7 Å². The molecule has 5 nitrogen and oxygen atoms in total. The van der Waals surface area contributed by atoms with Crippen LogP contribution in [-0.4, -0.2) is 54.3 Å². The van der Waals surface area contributed by atoms with E-state index in [2.05, 4.69) is 15.1 Å². The third kappa shape index (κ3) is 4.89. The minimum absolute atomic E-state index is 0.0950. The van der Waals surface area contributed by atoms with Crippen LogP contribution < -0.4 is 5.32 Å². The lowest BCUT2D eigenvalue weighted by Gasteiger charge is -2.48. The summed E-state index contributed by atoms with van der Waals surface area (Å²) in [7, 11) is 0. The van der Waals surface area contributed by atoms with Crippen LogP contribution in [0.3, 0.4) is 0 Å². The van der Waals surface area contributed by atoms with Gasteiger partial charge in [0.15, 0.2) is 0 Å². The molecule has 1 spiro atoms. The second-order valence-corrected chi connectivity index (χ2v) is 8.79. The summed E-state index contributed by atoms with van der Waals surface area (Å²) in [5.41, 5.74) is 1.32. The van der Waals surface area contributed by atoms with E-state index in [4.69, 9.17) is 0 Å². The molecule has 27 heavy (non-hydrogen) atoms. The van der Waals surface area contributed by atoms with Gasteiger partial charge in [-0.2, -0.15) is 0 Å². The van der Waals surface area contributed by atoms with Crippen LogP contribution >= 0.6 is 0 Å². The summed E-state index contributed by atoms with van der Waals surface area (Å²) in [6, 6.07) is 10.0. The molecule has 2 heterocycles. The average molecular weight is 370 g/mol. The molecule has 4 rings (SSSR count). The van der Waals surface area contributed by atoms with Crippen LogP contribution in [0.5, 0.6) is 0 Å². The van der Waals surface area contributed by atoms with Gasteiger partial charge in [0, 0.05) is 38.0 Å². The summed E-state index contributed by atoms with van der Waals surface area (Å²) < 4.78 is 0. The van der Waals surface area contributed by atoms with Crippen LogP contribution in [0.2, 0.25) is 0 Å². The Labute approximate surface area is 162 Å². The van der Waals surface area contributed by atoms with Gasteiger partial charge in [0.1, 0.15) is 0 Å². The van der Waals surface area contributed by atoms with E-state index in [-0.39, 0.29) is 11.3 Å². The van der Waals surface area contributed by atoms with Crippen molar-refractivity contribution in [3.05, 3.63) is 35.9 Å². The van der Waals surface area contributed by atoms with Crippen molar-refractivity contribution in [2.24, 2.45) is 11.3 Å². The average Bonchev–Trinajstić information content (AvgIpc) is 3.48. The first kappa shape index (κ1) is 18.5. The SMILES string of the molecule is O=C(CN1CCC[C@@]2(CCC(=O)N(CC3CC3)C2)C1)NCc1ccccc1. The lowest BCUT2D eigenvalue weighted by Crippen LogP contribution is -2.55. The number of hydrogen-bond acceptors (Lipinski definition) is 3. The molecule has 2 saturated heterocycles. The lowest BCUT2D eigenvalue weighted by molar-refractivity contribution is -0.140. The minimum atomic E-state index is 0.0950. The monoisotopic (exact) mass is 369 g/mol. The highest BCUT2D eigenvalue weighted by molar-refractivity contribution is 5.78. The van der Waals surface area contributed by atoms with Gasteiger partial charge in [-0.15, -0.1) is 0 Å². The number of carbonyl (C=O) groups is 2. The van der Waals surface area contributed by atoms with E-state index >= 15 is 0 Å². The molecular formula is C22H31N3O2. The van der Waals surface area contributed by atoms with Gasteiger partial charge in [-0.25, -0.2) is 0 Å². The summed E-state index contributed by atoms with van der Waals surface area (Å²) in [6.07, 6.45) is 6.53. The van der Waals surface area contributed by atoms with E-state index in [9.17, 15) is 9.59 Å². The Morgan fingerprint density at radius 3 is 2.74 bits per heavy atom. The van der Waals surface area contributed by atoms with Gasteiger partial charge in [-0.1, -0.05) is 30.3 Å². The molecule has 3 fully saturated rings. The molecule has 2 amide bonds. The first-order valence-corrected chi connectivity index (χ1v) is 10.4. The zero-order valence-electron chi connectivity index (χ0n) is 16.2. The molecular weight excluding hydrogens is 338 g/mol. The molecule has 1 aromatic carbocycles. The van der Waals surface area contributed by atoms with Crippen molar-refractivity contribution in [3.63, 3.8) is 0 Å². The summed E-state index contributed by atoms with van der Waals surface area (Å²) in [5, 5.41) is 3.04. The summed E-state index contributed by atoms with van der Waals surface area (Å²) in [4.78, 5) is 29.1. The number of likely N-dealkylation sites (tertiary alicyclic amines) is 2. The zero-order valence-corrected chi connectivity index (χ0v) is 16.2. The molecule has 1 aromatic rings. The highest BCUT2D eigenvalue weighted by atomic mass is 16.2. The van der Waals surface area contributed by atoms with Crippen LogP contribution in [0, 0.1) is 11.3 Å². The minimum Gasteiger partial charge on any atom is -0.351 e. The van der Waals surface area contributed by atoms with Crippen LogP contribution in [0.4, 0.5) is 0 Å². The van der Waals surface area contributed by atoms with Crippen molar-refractivity contribution in [2.45, 2.75) is 45.1 Å². The molecule has 5 heteroatoms. The fraction of sp³-hybridized carbons (Fsp3) is 0.636. The van der Waals surface area contributed by atoms with E-state index in [0.29, 0.717) is 25.4 Å². The number of rotatable bonds is 6. The number of piperidine rings is 2. The van der Waals surface area contributed by atoms with E-state index in [1.807, 2.05) is 30.3 Å². The van der Waals surface area contributed by atoms with Crippen LogP contribution in [0.25, 0.3) is 0 Å². The Kier molecular flexibility index (Phi) is 5.48. The van der Waals surface area contributed by atoms with Crippen molar-refractivity contribution < 1.29 is 9.59 Å². The number of nitrogens with zero attached hydrogens (tertiary/aromatic N) is 2. The number of nitrogens with one attached hydrogen (secondary N) is 1. The summed E-state index contributed by atoms with van der Waals surface area (Å²) >= 11 is 0. The van der Waals surface area contributed by atoms with Gasteiger partial charge < -0.3 is 10.2 Å². The van der Waals surface area contributed by atoms with Crippen LogP contribution in [0.1, 0.15) is 44.1 Å². The fourth-order valence-electron chi connectivity index (χ4n) is 4.71. The molecule has 3 aliphatic rings. The van der Waals surface area contributed by atoms with Crippen LogP contribution in [0.15, 0.2) is 30.3 Å². The molecule has 0 aromatic heterocycles. The Morgan fingerprint density at radius 2 is 1.96 bits per heavy atom. The maximum absolute atomic E-state index is 12.4. The van der Waals surface area contributed by atoms with Crippen molar-refractivity contribution in [3.8, 4) is 0 Å². The molecule has 0 radical (unpaired) electrons. The molecule has 1 aliphatic carbocycles. The van der Waals surface area contributed by atoms with E-state index in [1.54, 1.807) is 0 Å². The van der Waals surface area contributed by atoms with Gasteiger partial charge in [-0.05, 0) is 50.1 Å². The second kappa shape index (κ2) is 8.01. The Bertz CT molecular complexity index is 673. The molecule has 146 valence electrons. The number of carbonyl (C=O) groups excluding carboxylic acids is 2. The Balaban J connectivity index is 1.29. The topological polar surface area (TPSA) is 52.7 Å². The van der Waals surface area contributed by atoms with Gasteiger partial charge in [-0.3, -0.25) is 14.5 Å². The maximum atomic E-state index is 12.4. The molecule has 0 bridgehead atoms. The number of hydrogen-bond donors (Lipinski definition) is 1. The van der Waals surface area contributed by atoms with Gasteiger partial charge in [0.2, 0.25) is 11.8 Å². The van der Waals surface area contributed by atoms with Crippen LogP contribution in [-0.2, 0) is 16.1 Å². The summed E-state index contributed by atoms with van der Waals surface area (Å²) in [6.45, 7) is 4.83. The fourth-order valence-corrected chi connectivity index (χ4v) is 4.71. The molecule has 0 unspecified atom stereocenters. The van der Waals surface area contributed by atoms with E-state index in [0.717, 1.165) is 50.5 Å². The third-order valence-corrected chi connectivity index (χ3v) is 6.36.